The van der Waals surface area contributed by atoms with E-state index in [-0.39, 0.29) is 5.91 Å². The van der Waals surface area contributed by atoms with E-state index in [4.69, 9.17) is 0 Å². The predicted molar refractivity (Wildman–Crippen MR) is 92.4 cm³/mol. The number of nitrogens with zero attached hydrogens (tertiary/aromatic N) is 1. The molecule has 0 bridgehead atoms. The molecule has 0 spiro atoms. The first-order chi connectivity index (χ1) is 9.70. The highest BCUT2D eigenvalue weighted by molar-refractivity contribution is 14.1. The van der Waals surface area contributed by atoms with E-state index < -0.39 is 0 Å². The van der Waals surface area contributed by atoms with Crippen LogP contribution in [0.3, 0.4) is 0 Å². The van der Waals surface area contributed by atoms with E-state index in [9.17, 15) is 4.79 Å². The third-order valence-corrected chi connectivity index (χ3v) is 4.30. The molecule has 5 heteroatoms. The van der Waals surface area contributed by atoms with Crippen molar-refractivity contribution in [3.05, 3.63) is 63.2 Å². The second kappa shape index (κ2) is 7.44. The summed E-state index contributed by atoms with van der Waals surface area (Å²) in [4.78, 5) is 13.1. The minimum Gasteiger partial charge on any atom is -0.267 e. The van der Waals surface area contributed by atoms with Crippen LogP contribution in [-0.4, -0.2) is 18.4 Å². The third kappa shape index (κ3) is 4.08. The number of nitrogens with one attached hydrogen (secondary N) is 1. The Labute approximate surface area is 136 Å². The van der Waals surface area contributed by atoms with Crippen LogP contribution in [0.15, 0.2) is 58.5 Å². The number of carbonyl (C=O) groups excluding carboxylic acids is 1. The lowest BCUT2D eigenvalue weighted by atomic mass is 10.2. The highest BCUT2D eigenvalue weighted by atomic mass is 127. The van der Waals surface area contributed by atoms with E-state index in [1.807, 2.05) is 48.7 Å². The van der Waals surface area contributed by atoms with Crippen molar-refractivity contribution in [2.45, 2.75) is 4.90 Å². The van der Waals surface area contributed by atoms with Crippen LogP contribution >= 0.6 is 34.4 Å². The second-order valence-electron chi connectivity index (χ2n) is 3.95. The zero-order valence-electron chi connectivity index (χ0n) is 10.8. The van der Waals surface area contributed by atoms with Crippen molar-refractivity contribution in [3.8, 4) is 0 Å². The monoisotopic (exact) mass is 396 g/mol. The molecule has 0 fully saturated rings. The molecule has 2 rings (SSSR count). The summed E-state index contributed by atoms with van der Waals surface area (Å²) in [5, 5.41) is 3.98. The van der Waals surface area contributed by atoms with Crippen LogP contribution < -0.4 is 5.43 Å². The molecule has 3 nitrogen and oxygen atoms in total. The molecule has 102 valence electrons. The van der Waals surface area contributed by atoms with Crippen LogP contribution in [0.1, 0.15) is 15.9 Å². The van der Waals surface area contributed by atoms with Crippen LogP contribution in [-0.2, 0) is 0 Å². The Bertz CT molecular complexity index is 626. The average Bonchev–Trinajstić information content (AvgIpc) is 2.48. The van der Waals surface area contributed by atoms with Gasteiger partial charge in [0.1, 0.15) is 0 Å². The fourth-order valence-corrected chi connectivity index (χ4v) is 2.60. The highest BCUT2D eigenvalue weighted by Crippen LogP contribution is 2.14. The van der Waals surface area contributed by atoms with Gasteiger partial charge in [0.2, 0.25) is 0 Å². The smallest absolute Gasteiger partial charge is 0.267 e. The van der Waals surface area contributed by atoms with E-state index in [1.54, 1.807) is 24.0 Å². The molecule has 2 aromatic carbocycles. The first-order valence-corrected chi connectivity index (χ1v) is 8.23. The highest BCUT2D eigenvalue weighted by Gasteiger charge is 2.07. The molecule has 0 aliphatic heterocycles. The number of hydrogen-bond acceptors (Lipinski definition) is 3. The van der Waals surface area contributed by atoms with Crippen LogP contribution in [0.5, 0.6) is 0 Å². The average molecular weight is 396 g/mol. The topological polar surface area (TPSA) is 41.5 Å². The number of hydrazone groups is 1. The zero-order chi connectivity index (χ0) is 14.4. The summed E-state index contributed by atoms with van der Waals surface area (Å²) in [5.41, 5.74) is 4.11. The van der Waals surface area contributed by atoms with E-state index in [0.29, 0.717) is 5.56 Å². The van der Waals surface area contributed by atoms with Gasteiger partial charge in [0.25, 0.3) is 5.91 Å². The van der Waals surface area contributed by atoms with Gasteiger partial charge in [-0.3, -0.25) is 4.79 Å². The molecule has 0 atom stereocenters. The molecule has 0 aliphatic carbocycles. The minimum absolute atomic E-state index is 0.202. The first-order valence-electron chi connectivity index (χ1n) is 5.92. The Morgan fingerprint density at radius 3 is 2.55 bits per heavy atom. The van der Waals surface area contributed by atoms with Crippen LogP contribution in [0.4, 0.5) is 0 Å². The largest absolute Gasteiger partial charge is 0.272 e. The Kier molecular flexibility index (Phi) is 5.60. The van der Waals surface area contributed by atoms with Gasteiger partial charge in [-0.1, -0.05) is 24.3 Å². The molecule has 0 saturated heterocycles. The molecular formula is C15H13IN2OS. The number of hydrogen-bond donors (Lipinski definition) is 1. The van der Waals surface area contributed by atoms with Crippen molar-refractivity contribution < 1.29 is 4.79 Å². The van der Waals surface area contributed by atoms with Crippen molar-refractivity contribution in [3.63, 3.8) is 0 Å². The van der Waals surface area contributed by atoms with Gasteiger partial charge in [0.15, 0.2) is 0 Å². The quantitative estimate of drug-likeness (QED) is 0.370. The molecule has 0 unspecified atom stereocenters. The molecule has 1 N–H and O–H groups in total. The molecule has 1 amide bonds. The lowest BCUT2D eigenvalue weighted by Gasteiger charge is -2.02. The molecule has 0 saturated carbocycles. The molecule has 0 radical (unpaired) electrons. The van der Waals surface area contributed by atoms with Gasteiger partial charge >= 0.3 is 0 Å². The number of benzene rings is 2. The van der Waals surface area contributed by atoms with E-state index >= 15 is 0 Å². The van der Waals surface area contributed by atoms with Crippen molar-refractivity contribution in [2.24, 2.45) is 5.10 Å². The summed E-state index contributed by atoms with van der Waals surface area (Å²) < 4.78 is 0.905. The Hall–Kier alpha value is -1.34. The maximum Gasteiger partial charge on any atom is 0.272 e. The summed E-state index contributed by atoms with van der Waals surface area (Å²) >= 11 is 3.82. The van der Waals surface area contributed by atoms with Crippen molar-refractivity contribution in [1.29, 1.82) is 0 Å². The minimum atomic E-state index is -0.202. The van der Waals surface area contributed by atoms with Gasteiger partial charge < -0.3 is 0 Å². The maximum absolute atomic E-state index is 11.9. The zero-order valence-corrected chi connectivity index (χ0v) is 13.8. The lowest BCUT2D eigenvalue weighted by molar-refractivity contribution is 0.0954. The molecule has 0 aliphatic rings. The third-order valence-electron chi connectivity index (χ3n) is 2.61. The Balaban J connectivity index is 1.99. The summed E-state index contributed by atoms with van der Waals surface area (Å²) in [6.45, 7) is 0. The predicted octanol–water partition coefficient (Wildman–Crippen LogP) is 3.78. The number of amides is 1. The van der Waals surface area contributed by atoms with Gasteiger partial charge in [-0.05, 0) is 58.7 Å². The van der Waals surface area contributed by atoms with Crippen LogP contribution in [0, 0.1) is 3.57 Å². The Morgan fingerprint density at radius 2 is 1.90 bits per heavy atom. The number of thioether (sulfide) groups is 1. The van der Waals surface area contributed by atoms with Crippen LogP contribution in [0.2, 0.25) is 0 Å². The number of carbonyl (C=O) groups is 1. The van der Waals surface area contributed by atoms with Crippen molar-refractivity contribution in [1.82, 2.24) is 5.43 Å². The number of rotatable bonds is 4. The fourth-order valence-electron chi connectivity index (χ4n) is 1.56. The van der Waals surface area contributed by atoms with Crippen molar-refractivity contribution >= 4 is 46.5 Å². The van der Waals surface area contributed by atoms with Gasteiger partial charge in [0.05, 0.1) is 11.8 Å². The van der Waals surface area contributed by atoms with Gasteiger partial charge in [-0.25, -0.2) is 5.43 Å². The molecular weight excluding hydrogens is 383 g/mol. The fraction of sp³-hybridized carbons (Fsp3) is 0.0667. The molecule has 0 aromatic heterocycles. The molecule has 2 aromatic rings. The second-order valence-corrected chi connectivity index (χ2v) is 5.99. The van der Waals surface area contributed by atoms with E-state index in [0.717, 1.165) is 9.13 Å². The van der Waals surface area contributed by atoms with E-state index in [1.165, 1.54) is 4.90 Å². The summed E-state index contributed by atoms with van der Waals surface area (Å²) in [6, 6.07) is 15.4. The summed E-state index contributed by atoms with van der Waals surface area (Å²) in [6.07, 6.45) is 3.67. The summed E-state index contributed by atoms with van der Waals surface area (Å²) in [7, 11) is 0. The van der Waals surface area contributed by atoms with Crippen molar-refractivity contribution in [2.75, 3.05) is 6.26 Å². The Morgan fingerprint density at radius 1 is 1.20 bits per heavy atom. The normalized spacial score (nSPS) is 10.7. The van der Waals surface area contributed by atoms with Gasteiger partial charge in [0, 0.05) is 8.47 Å². The molecule has 0 heterocycles. The van der Waals surface area contributed by atoms with E-state index in [2.05, 4.69) is 33.1 Å². The van der Waals surface area contributed by atoms with Gasteiger partial charge in [-0.2, -0.15) is 5.10 Å². The standard InChI is InChI=1S/C15H13IN2OS/c1-20-12-8-6-11(7-9-12)10-17-18-15(19)13-4-2-3-5-14(13)16/h2-10H,1H3,(H,18,19). The number of halogens is 1. The van der Waals surface area contributed by atoms with Gasteiger partial charge in [-0.15, -0.1) is 11.8 Å². The summed E-state index contributed by atoms with van der Waals surface area (Å²) in [5.74, 6) is -0.202. The SMILES string of the molecule is CSc1ccc(C=NNC(=O)c2ccccc2I)cc1. The first kappa shape index (κ1) is 15.1. The lowest BCUT2D eigenvalue weighted by Crippen LogP contribution is -2.18. The maximum atomic E-state index is 11.9. The van der Waals surface area contributed by atoms with Crippen LogP contribution in [0.25, 0.3) is 0 Å². The molecule has 20 heavy (non-hydrogen) atoms.